The van der Waals surface area contributed by atoms with Gasteiger partial charge in [-0.2, -0.15) is 0 Å². The summed E-state index contributed by atoms with van der Waals surface area (Å²) >= 11 is 0. The average Bonchev–Trinajstić information content (AvgIpc) is 2.46. The molecule has 3 atom stereocenters. The molecule has 108 valence electrons. The molecule has 1 saturated heterocycles. The monoisotopic (exact) mass is 274 g/mol. The van der Waals surface area contributed by atoms with E-state index in [4.69, 9.17) is 4.74 Å². The van der Waals surface area contributed by atoms with Gasteiger partial charge in [0.05, 0.1) is 12.5 Å². The standard InChI is InChI=1S/C16H22N2O2/c1-11-10-12(6-8-17-11)18-16(19)14-7-9-20-15-5-3-2-4-13(14)15/h2-5,11-12,14,17H,6-10H2,1H3,(H,18,19). The summed E-state index contributed by atoms with van der Waals surface area (Å²) in [6.45, 7) is 3.77. The molecular formula is C16H22N2O2. The number of carbonyl (C=O) groups excluding carboxylic acids is 1. The Labute approximate surface area is 119 Å². The molecule has 2 heterocycles. The molecule has 2 aliphatic rings. The summed E-state index contributed by atoms with van der Waals surface area (Å²) in [5, 5.41) is 6.63. The molecule has 2 aliphatic heterocycles. The molecule has 3 unspecified atom stereocenters. The van der Waals surface area contributed by atoms with Crippen LogP contribution < -0.4 is 15.4 Å². The SMILES string of the molecule is CC1CC(NC(=O)C2CCOc3ccccc32)CCN1. The van der Waals surface area contributed by atoms with Crippen LogP contribution in [0.25, 0.3) is 0 Å². The molecule has 2 N–H and O–H groups in total. The predicted molar refractivity (Wildman–Crippen MR) is 77.9 cm³/mol. The number of piperidine rings is 1. The minimum absolute atomic E-state index is 0.0647. The largest absolute Gasteiger partial charge is 0.493 e. The minimum Gasteiger partial charge on any atom is -0.493 e. The maximum Gasteiger partial charge on any atom is 0.228 e. The lowest BCUT2D eigenvalue weighted by Gasteiger charge is -2.31. The van der Waals surface area contributed by atoms with Crippen LogP contribution in [-0.4, -0.2) is 31.1 Å². The number of hydrogen-bond acceptors (Lipinski definition) is 3. The van der Waals surface area contributed by atoms with Crippen molar-refractivity contribution in [2.24, 2.45) is 0 Å². The smallest absolute Gasteiger partial charge is 0.228 e. The van der Waals surface area contributed by atoms with Crippen molar-refractivity contribution in [3.05, 3.63) is 29.8 Å². The molecule has 3 rings (SSSR count). The lowest BCUT2D eigenvalue weighted by molar-refractivity contribution is -0.124. The van der Waals surface area contributed by atoms with Gasteiger partial charge in [0.1, 0.15) is 5.75 Å². The highest BCUT2D eigenvalue weighted by atomic mass is 16.5. The van der Waals surface area contributed by atoms with Crippen LogP contribution in [-0.2, 0) is 4.79 Å². The number of ether oxygens (including phenoxy) is 1. The van der Waals surface area contributed by atoms with Crippen LogP contribution in [0.3, 0.4) is 0 Å². The van der Waals surface area contributed by atoms with Gasteiger partial charge in [-0.05, 0) is 38.8 Å². The van der Waals surface area contributed by atoms with Crippen molar-refractivity contribution in [2.45, 2.75) is 44.2 Å². The summed E-state index contributed by atoms with van der Waals surface area (Å²) in [5.41, 5.74) is 1.03. The number of amides is 1. The van der Waals surface area contributed by atoms with Crippen LogP contribution in [0.15, 0.2) is 24.3 Å². The van der Waals surface area contributed by atoms with Crippen LogP contribution in [0.2, 0.25) is 0 Å². The van der Waals surface area contributed by atoms with Crippen LogP contribution >= 0.6 is 0 Å². The normalized spacial score (nSPS) is 29.1. The molecular weight excluding hydrogens is 252 g/mol. The van der Waals surface area contributed by atoms with E-state index in [1.54, 1.807) is 0 Å². The van der Waals surface area contributed by atoms with E-state index in [0.717, 1.165) is 37.1 Å². The maximum absolute atomic E-state index is 12.5. The van der Waals surface area contributed by atoms with Crippen molar-refractivity contribution in [3.63, 3.8) is 0 Å². The van der Waals surface area contributed by atoms with E-state index in [-0.39, 0.29) is 11.8 Å². The van der Waals surface area contributed by atoms with Crippen molar-refractivity contribution >= 4 is 5.91 Å². The highest BCUT2D eigenvalue weighted by Gasteiger charge is 2.29. The first kappa shape index (κ1) is 13.4. The Morgan fingerprint density at radius 2 is 2.20 bits per heavy atom. The fourth-order valence-corrected chi connectivity index (χ4v) is 3.18. The third-order valence-corrected chi connectivity index (χ3v) is 4.25. The van der Waals surface area contributed by atoms with Crippen LogP contribution in [0, 0.1) is 0 Å². The molecule has 1 amide bonds. The molecule has 0 saturated carbocycles. The highest BCUT2D eigenvalue weighted by Crippen LogP contribution is 2.33. The lowest BCUT2D eigenvalue weighted by Crippen LogP contribution is -2.48. The summed E-state index contributed by atoms with van der Waals surface area (Å²) in [6, 6.07) is 8.66. The molecule has 0 bridgehead atoms. The fraction of sp³-hybridized carbons (Fsp3) is 0.562. The summed E-state index contributed by atoms with van der Waals surface area (Å²) in [4.78, 5) is 12.5. The van der Waals surface area contributed by atoms with Crippen molar-refractivity contribution in [1.29, 1.82) is 0 Å². The number of carbonyl (C=O) groups is 1. The van der Waals surface area contributed by atoms with Gasteiger partial charge < -0.3 is 15.4 Å². The summed E-state index contributed by atoms with van der Waals surface area (Å²) in [5.74, 6) is 0.947. The molecule has 20 heavy (non-hydrogen) atoms. The molecule has 0 spiro atoms. The Balaban J connectivity index is 1.69. The Bertz CT molecular complexity index is 489. The molecule has 1 aromatic rings. The average molecular weight is 274 g/mol. The van der Waals surface area contributed by atoms with Gasteiger partial charge in [0, 0.05) is 17.6 Å². The van der Waals surface area contributed by atoms with Crippen molar-refractivity contribution < 1.29 is 9.53 Å². The molecule has 4 nitrogen and oxygen atoms in total. The van der Waals surface area contributed by atoms with E-state index in [1.807, 2.05) is 24.3 Å². The second-order valence-electron chi connectivity index (χ2n) is 5.81. The van der Waals surface area contributed by atoms with Gasteiger partial charge in [-0.3, -0.25) is 4.79 Å². The van der Waals surface area contributed by atoms with E-state index in [9.17, 15) is 4.79 Å². The van der Waals surface area contributed by atoms with Gasteiger partial charge in [-0.15, -0.1) is 0 Å². The number of nitrogens with one attached hydrogen (secondary N) is 2. The van der Waals surface area contributed by atoms with E-state index < -0.39 is 0 Å². The van der Waals surface area contributed by atoms with Gasteiger partial charge in [0.15, 0.2) is 0 Å². The third-order valence-electron chi connectivity index (χ3n) is 4.25. The fourth-order valence-electron chi connectivity index (χ4n) is 3.18. The number of hydrogen-bond donors (Lipinski definition) is 2. The third kappa shape index (κ3) is 2.80. The first-order chi connectivity index (χ1) is 9.74. The molecule has 1 fully saturated rings. The summed E-state index contributed by atoms with van der Waals surface area (Å²) in [6.07, 6.45) is 2.79. The van der Waals surface area contributed by atoms with Crippen molar-refractivity contribution in [3.8, 4) is 5.75 Å². The summed E-state index contributed by atoms with van der Waals surface area (Å²) in [7, 11) is 0. The van der Waals surface area contributed by atoms with Gasteiger partial charge >= 0.3 is 0 Å². The molecule has 0 aromatic heterocycles. The zero-order valence-electron chi connectivity index (χ0n) is 11.9. The van der Waals surface area contributed by atoms with Gasteiger partial charge in [0.25, 0.3) is 0 Å². The quantitative estimate of drug-likeness (QED) is 0.865. The lowest BCUT2D eigenvalue weighted by atomic mass is 9.91. The number of para-hydroxylation sites is 1. The van der Waals surface area contributed by atoms with Crippen molar-refractivity contribution in [1.82, 2.24) is 10.6 Å². The minimum atomic E-state index is -0.0647. The zero-order valence-corrected chi connectivity index (χ0v) is 11.9. The van der Waals surface area contributed by atoms with Crippen LogP contribution in [0.1, 0.15) is 37.7 Å². The van der Waals surface area contributed by atoms with Crippen LogP contribution in [0.4, 0.5) is 0 Å². The van der Waals surface area contributed by atoms with Gasteiger partial charge in [-0.1, -0.05) is 18.2 Å². The van der Waals surface area contributed by atoms with E-state index >= 15 is 0 Å². The second kappa shape index (κ2) is 5.83. The zero-order chi connectivity index (χ0) is 13.9. The van der Waals surface area contributed by atoms with Crippen molar-refractivity contribution in [2.75, 3.05) is 13.2 Å². The Kier molecular flexibility index (Phi) is 3.92. The Morgan fingerprint density at radius 3 is 3.05 bits per heavy atom. The predicted octanol–water partition coefficient (Wildman–Crippen LogP) is 1.81. The van der Waals surface area contributed by atoms with E-state index in [0.29, 0.717) is 18.7 Å². The van der Waals surface area contributed by atoms with Gasteiger partial charge in [-0.25, -0.2) is 0 Å². The van der Waals surface area contributed by atoms with E-state index in [2.05, 4.69) is 17.6 Å². The summed E-state index contributed by atoms with van der Waals surface area (Å²) < 4.78 is 5.62. The Morgan fingerprint density at radius 1 is 1.35 bits per heavy atom. The topological polar surface area (TPSA) is 50.4 Å². The number of benzene rings is 1. The molecule has 4 heteroatoms. The number of fused-ring (bicyclic) bond motifs is 1. The molecule has 0 radical (unpaired) electrons. The first-order valence-electron chi connectivity index (χ1n) is 7.49. The second-order valence-corrected chi connectivity index (χ2v) is 5.81. The molecule has 1 aromatic carbocycles. The Hall–Kier alpha value is -1.55. The maximum atomic E-state index is 12.5. The molecule has 0 aliphatic carbocycles. The van der Waals surface area contributed by atoms with Crippen LogP contribution in [0.5, 0.6) is 5.75 Å². The number of rotatable bonds is 2. The highest BCUT2D eigenvalue weighted by molar-refractivity contribution is 5.85. The van der Waals surface area contributed by atoms with E-state index in [1.165, 1.54) is 0 Å². The van der Waals surface area contributed by atoms with Gasteiger partial charge in [0.2, 0.25) is 5.91 Å². The first-order valence-corrected chi connectivity index (χ1v) is 7.49.